The van der Waals surface area contributed by atoms with Gasteiger partial charge >= 0.3 is 0 Å². The molecule has 1 aliphatic carbocycles. The molecule has 0 bridgehead atoms. The highest BCUT2D eigenvalue weighted by atomic mass is 16.5. The highest BCUT2D eigenvalue weighted by Crippen LogP contribution is 2.54. The van der Waals surface area contributed by atoms with E-state index in [0.29, 0.717) is 6.42 Å². The molecule has 4 aliphatic rings. The molecule has 1 spiro atoms. The van der Waals surface area contributed by atoms with Crippen LogP contribution in [0.5, 0.6) is 11.5 Å². The fourth-order valence-electron chi connectivity index (χ4n) is 11.7. The standard InChI is InChI=1S/C58H96O4/c1-39(2)21-15-23-41(5)25-17-27-43(7)29-19-34-56(13)36-31-49-50-32-38-58(62-53(50)46(10)45(9)52(49)60-56)51-33-37-57(14,61-54(51)47(11)48(12)55(58)59)35-20-30-44(8)28-18-26-42(6)24-16-22-40(3)4/h33,39-44,48H,15-32,34-38H2,1-14H3/t41-,42-,43-,44-,48?,56?,57?,58?/m1/s1. The Morgan fingerprint density at radius 1 is 0.565 bits per heavy atom. The number of Topliss-reactive ketones (excluding diaryl/α,β-unsaturated/α-hetero) is 1. The highest BCUT2D eigenvalue weighted by molar-refractivity contribution is 5.98. The molecule has 1 aromatic carbocycles. The van der Waals surface area contributed by atoms with Crippen LogP contribution in [-0.2, 0) is 22.4 Å². The number of benzene rings is 1. The van der Waals surface area contributed by atoms with Gasteiger partial charge in [-0.1, -0.05) is 158 Å². The lowest BCUT2D eigenvalue weighted by Gasteiger charge is -2.49. The van der Waals surface area contributed by atoms with Crippen molar-refractivity contribution in [1.82, 2.24) is 0 Å². The van der Waals surface area contributed by atoms with Gasteiger partial charge in [-0.25, -0.2) is 0 Å². The number of ketones is 1. The van der Waals surface area contributed by atoms with Crippen LogP contribution in [0.1, 0.15) is 240 Å². The zero-order valence-corrected chi connectivity index (χ0v) is 43.0. The predicted molar refractivity (Wildman–Crippen MR) is 263 cm³/mol. The molecule has 5 rings (SSSR count). The van der Waals surface area contributed by atoms with Crippen molar-refractivity contribution < 1.29 is 19.0 Å². The molecule has 4 nitrogen and oxygen atoms in total. The first-order valence-electron chi connectivity index (χ1n) is 26.5. The lowest BCUT2D eigenvalue weighted by atomic mass is 9.68. The number of rotatable bonds is 24. The molecular weight excluding hydrogens is 761 g/mol. The number of ether oxygens (including phenoxy) is 3. The van der Waals surface area contributed by atoms with Crippen molar-refractivity contribution in [2.24, 2.45) is 41.4 Å². The second-order valence-electron chi connectivity index (χ2n) is 23.5. The summed E-state index contributed by atoms with van der Waals surface area (Å²) in [5.74, 6) is 7.76. The zero-order valence-electron chi connectivity index (χ0n) is 43.0. The molecule has 352 valence electrons. The van der Waals surface area contributed by atoms with E-state index in [1.54, 1.807) is 0 Å². The van der Waals surface area contributed by atoms with Gasteiger partial charge in [0.2, 0.25) is 0 Å². The molecule has 3 aliphatic heterocycles. The van der Waals surface area contributed by atoms with Crippen LogP contribution in [0.4, 0.5) is 0 Å². The maximum Gasteiger partial charge on any atom is 0.196 e. The van der Waals surface area contributed by atoms with E-state index >= 15 is 0 Å². The van der Waals surface area contributed by atoms with Gasteiger partial charge in [-0.3, -0.25) is 4.79 Å². The Hall–Kier alpha value is -2.23. The van der Waals surface area contributed by atoms with Gasteiger partial charge in [-0.2, -0.15) is 0 Å². The fraction of sp³-hybridized carbons (Fsp3) is 0.810. The zero-order chi connectivity index (χ0) is 45.4. The first-order valence-corrected chi connectivity index (χ1v) is 26.5. The predicted octanol–water partition coefficient (Wildman–Crippen LogP) is 16.9. The van der Waals surface area contributed by atoms with Gasteiger partial charge in [-0.15, -0.1) is 0 Å². The molecule has 62 heavy (non-hydrogen) atoms. The van der Waals surface area contributed by atoms with Gasteiger partial charge in [0.15, 0.2) is 11.4 Å². The molecule has 3 heterocycles. The number of fused-ring (bicyclic) bond motifs is 5. The maximum absolute atomic E-state index is 14.6. The van der Waals surface area contributed by atoms with Gasteiger partial charge in [0.05, 0.1) is 0 Å². The van der Waals surface area contributed by atoms with Crippen molar-refractivity contribution in [3.05, 3.63) is 45.2 Å². The van der Waals surface area contributed by atoms with Crippen LogP contribution in [-0.4, -0.2) is 22.6 Å². The summed E-state index contributed by atoms with van der Waals surface area (Å²) in [5.41, 5.74) is 5.53. The van der Waals surface area contributed by atoms with Crippen molar-refractivity contribution in [3.8, 4) is 11.5 Å². The molecule has 0 radical (unpaired) electrons. The van der Waals surface area contributed by atoms with Crippen LogP contribution in [0.3, 0.4) is 0 Å². The summed E-state index contributed by atoms with van der Waals surface area (Å²) in [7, 11) is 0. The van der Waals surface area contributed by atoms with Crippen molar-refractivity contribution in [2.45, 2.75) is 261 Å². The van der Waals surface area contributed by atoms with Gasteiger partial charge in [0.25, 0.3) is 0 Å². The largest absolute Gasteiger partial charge is 0.487 e. The summed E-state index contributed by atoms with van der Waals surface area (Å²) in [6, 6.07) is 0. The van der Waals surface area contributed by atoms with E-state index in [1.165, 1.54) is 119 Å². The molecule has 1 aromatic rings. The molecular formula is C58H96O4. The van der Waals surface area contributed by atoms with E-state index in [9.17, 15) is 4.79 Å². The van der Waals surface area contributed by atoms with Crippen molar-refractivity contribution >= 4 is 5.78 Å². The summed E-state index contributed by atoms with van der Waals surface area (Å²) in [6.07, 6.45) is 30.1. The number of allylic oxidation sites excluding steroid dienone is 1. The maximum atomic E-state index is 14.6. The summed E-state index contributed by atoms with van der Waals surface area (Å²) < 4.78 is 21.4. The Morgan fingerprint density at radius 3 is 1.47 bits per heavy atom. The average Bonchev–Trinajstić information content (AvgIpc) is 3.21. The third-order valence-corrected chi connectivity index (χ3v) is 16.5. The SMILES string of the molecule is CC1=C2OC(C)(CCC[C@H](C)CCC[C@H](C)CCCC(C)C)CC=C2C2(CCc3c4c(c(C)c(C)c3O2)OC(C)(CCC[C@H](C)CCC[C@H](C)CCCC(C)C)CC4)C(=O)C1C. The molecule has 8 atom stereocenters. The number of hydrogen-bond acceptors (Lipinski definition) is 4. The van der Waals surface area contributed by atoms with Crippen molar-refractivity contribution in [2.75, 3.05) is 0 Å². The quantitative estimate of drug-likeness (QED) is 0.104. The normalized spacial score (nSPS) is 26.6. The first kappa shape index (κ1) is 50.8. The third kappa shape index (κ3) is 12.8. The van der Waals surface area contributed by atoms with E-state index in [4.69, 9.17) is 14.2 Å². The molecule has 0 aromatic heterocycles. The highest BCUT2D eigenvalue weighted by Gasteiger charge is 2.56. The molecule has 0 amide bonds. The lowest BCUT2D eigenvalue weighted by molar-refractivity contribution is -0.138. The second-order valence-corrected chi connectivity index (χ2v) is 23.5. The summed E-state index contributed by atoms with van der Waals surface area (Å²) in [4.78, 5) is 14.6. The molecule has 0 fully saturated rings. The Morgan fingerprint density at radius 2 is 0.984 bits per heavy atom. The Bertz CT molecular complexity index is 1700. The minimum atomic E-state index is -0.999. The third-order valence-electron chi connectivity index (χ3n) is 16.5. The minimum Gasteiger partial charge on any atom is -0.487 e. The Kier molecular flexibility index (Phi) is 18.3. The monoisotopic (exact) mass is 857 g/mol. The van der Waals surface area contributed by atoms with Crippen LogP contribution in [0.15, 0.2) is 23.0 Å². The molecule has 0 saturated carbocycles. The summed E-state index contributed by atoms with van der Waals surface area (Å²) in [5, 5.41) is 0. The fourth-order valence-corrected chi connectivity index (χ4v) is 11.7. The minimum absolute atomic E-state index is 0.147. The average molecular weight is 857 g/mol. The van der Waals surface area contributed by atoms with E-state index < -0.39 is 5.60 Å². The van der Waals surface area contributed by atoms with Gasteiger partial charge < -0.3 is 14.2 Å². The Labute approximate surface area is 383 Å². The van der Waals surface area contributed by atoms with Crippen LogP contribution >= 0.6 is 0 Å². The lowest BCUT2D eigenvalue weighted by Crippen LogP contribution is -2.56. The van der Waals surface area contributed by atoms with Crippen LogP contribution in [0.2, 0.25) is 0 Å². The van der Waals surface area contributed by atoms with Crippen LogP contribution < -0.4 is 9.47 Å². The Balaban J connectivity index is 1.18. The summed E-state index contributed by atoms with van der Waals surface area (Å²) >= 11 is 0. The van der Waals surface area contributed by atoms with Crippen molar-refractivity contribution in [1.29, 1.82) is 0 Å². The molecule has 4 unspecified atom stereocenters. The molecule has 0 N–H and O–H groups in total. The second kappa shape index (κ2) is 22.3. The summed E-state index contributed by atoms with van der Waals surface area (Å²) in [6.45, 7) is 32.4. The van der Waals surface area contributed by atoms with Crippen molar-refractivity contribution in [3.63, 3.8) is 0 Å². The van der Waals surface area contributed by atoms with E-state index in [0.717, 1.165) is 108 Å². The molecule has 0 saturated heterocycles. The smallest absolute Gasteiger partial charge is 0.196 e. The van der Waals surface area contributed by atoms with Gasteiger partial charge in [0, 0.05) is 35.5 Å². The van der Waals surface area contributed by atoms with E-state index in [-0.39, 0.29) is 22.9 Å². The van der Waals surface area contributed by atoms with E-state index in [2.05, 4.69) is 103 Å². The van der Waals surface area contributed by atoms with Crippen LogP contribution in [0, 0.1) is 55.3 Å². The number of carbonyl (C=O) groups is 1. The topological polar surface area (TPSA) is 44.8 Å². The number of hydrogen-bond donors (Lipinski definition) is 0. The van der Waals surface area contributed by atoms with Gasteiger partial charge in [0.1, 0.15) is 28.5 Å². The van der Waals surface area contributed by atoms with E-state index in [1.807, 2.05) is 0 Å². The van der Waals surface area contributed by atoms with Gasteiger partial charge in [-0.05, 0) is 132 Å². The number of carbonyl (C=O) groups excluding carboxylic acids is 1. The molecule has 4 heteroatoms. The van der Waals surface area contributed by atoms with Crippen LogP contribution in [0.25, 0.3) is 0 Å². The first-order chi connectivity index (χ1) is 29.3.